The Kier molecular flexibility index (Phi) is 6.28. The van der Waals surface area contributed by atoms with Gasteiger partial charge in [-0.1, -0.05) is 30.3 Å². The number of halogens is 1. The highest BCUT2D eigenvalue weighted by molar-refractivity contribution is 5.93. The molecule has 0 atom stereocenters. The summed E-state index contributed by atoms with van der Waals surface area (Å²) >= 11 is 0. The van der Waals surface area contributed by atoms with Gasteiger partial charge < -0.3 is 15.2 Å². The monoisotopic (exact) mass is 293 g/mol. The predicted molar refractivity (Wildman–Crippen MR) is 84.4 cm³/mol. The van der Waals surface area contributed by atoms with Crippen molar-refractivity contribution in [3.63, 3.8) is 0 Å². The molecule has 0 aliphatic heterocycles. The normalized spacial score (nSPS) is 9.90. The molecule has 0 aliphatic rings. The molecule has 20 heavy (non-hydrogen) atoms. The lowest BCUT2D eigenvalue weighted by Crippen LogP contribution is -2.32. The van der Waals surface area contributed by atoms with Gasteiger partial charge in [0, 0.05) is 25.8 Å². The Bertz CT molecular complexity index is 539. The van der Waals surface area contributed by atoms with E-state index in [2.05, 4.69) is 10.3 Å². The average molecular weight is 294 g/mol. The van der Waals surface area contributed by atoms with Gasteiger partial charge in [-0.25, -0.2) is 0 Å². The van der Waals surface area contributed by atoms with Crippen molar-refractivity contribution in [2.24, 2.45) is 0 Å². The molecular weight excluding hydrogens is 274 g/mol. The Hall–Kier alpha value is -1.78. The van der Waals surface area contributed by atoms with E-state index in [0.29, 0.717) is 12.2 Å². The molecule has 0 aliphatic carbocycles. The van der Waals surface area contributed by atoms with Crippen LogP contribution in [0.1, 0.15) is 10.5 Å². The molecule has 0 unspecified atom stereocenters. The van der Waals surface area contributed by atoms with E-state index >= 15 is 0 Å². The lowest BCUT2D eigenvalue weighted by atomic mass is 10.2. The molecule has 0 saturated heterocycles. The van der Waals surface area contributed by atoms with Crippen LogP contribution in [0.15, 0.2) is 42.5 Å². The van der Waals surface area contributed by atoms with E-state index in [9.17, 15) is 4.79 Å². The van der Waals surface area contributed by atoms with Crippen LogP contribution in [-0.2, 0) is 0 Å². The van der Waals surface area contributed by atoms with Crippen LogP contribution in [0.3, 0.4) is 0 Å². The number of likely N-dealkylation sites (N-methyl/N-ethyl adjacent to an activating group) is 2. The SMILES string of the molecule is CNCCN(C)C(=O)c1ccc(-c2ccccc2)[nH]1.Cl. The summed E-state index contributed by atoms with van der Waals surface area (Å²) in [4.78, 5) is 17.0. The van der Waals surface area contributed by atoms with Crippen LogP contribution in [0.2, 0.25) is 0 Å². The van der Waals surface area contributed by atoms with Gasteiger partial charge in [0.15, 0.2) is 0 Å². The van der Waals surface area contributed by atoms with Gasteiger partial charge in [-0.2, -0.15) is 0 Å². The Morgan fingerprint density at radius 3 is 2.55 bits per heavy atom. The number of hydrogen-bond donors (Lipinski definition) is 2. The number of nitrogens with one attached hydrogen (secondary N) is 2. The molecule has 0 bridgehead atoms. The van der Waals surface area contributed by atoms with Crippen molar-refractivity contribution in [1.82, 2.24) is 15.2 Å². The van der Waals surface area contributed by atoms with E-state index < -0.39 is 0 Å². The van der Waals surface area contributed by atoms with E-state index in [0.717, 1.165) is 17.8 Å². The first kappa shape index (κ1) is 16.3. The van der Waals surface area contributed by atoms with Gasteiger partial charge in [-0.3, -0.25) is 4.79 Å². The minimum Gasteiger partial charge on any atom is -0.351 e. The number of carbonyl (C=O) groups is 1. The number of hydrogen-bond acceptors (Lipinski definition) is 2. The van der Waals surface area contributed by atoms with E-state index in [1.807, 2.05) is 56.6 Å². The molecule has 2 aromatic rings. The predicted octanol–water partition coefficient (Wildman–Crippen LogP) is 2.39. The van der Waals surface area contributed by atoms with Crippen LogP contribution in [0.4, 0.5) is 0 Å². The van der Waals surface area contributed by atoms with Crippen molar-refractivity contribution in [3.8, 4) is 11.3 Å². The second-order valence-electron chi connectivity index (χ2n) is 4.48. The average Bonchev–Trinajstić information content (AvgIpc) is 2.94. The molecule has 2 rings (SSSR count). The Balaban J connectivity index is 0.00000200. The summed E-state index contributed by atoms with van der Waals surface area (Å²) in [6.45, 7) is 1.48. The number of aromatic nitrogens is 1. The Morgan fingerprint density at radius 2 is 1.90 bits per heavy atom. The van der Waals surface area contributed by atoms with Gasteiger partial charge in [-0.05, 0) is 24.7 Å². The van der Waals surface area contributed by atoms with Crippen LogP contribution < -0.4 is 5.32 Å². The third-order valence-electron chi connectivity index (χ3n) is 3.05. The summed E-state index contributed by atoms with van der Waals surface area (Å²) in [5, 5.41) is 3.03. The molecule has 1 aromatic heterocycles. The first-order chi connectivity index (χ1) is 9.22. The molecule has 4 nitrogen and oxygen atoms in total. The molecule has 1 aromatic carbocycles. The van der Waals surface area contributed by atoms with Crippen molar-refractivity contribution in [2.45, 2.75) is 0 Å². The molecular formula is C15H20ClN3O. The van der Waals surface area contributed by atoms with Crippen LogP contribution in [0.25, 0.3) is 11.3 Å². The zero-order valence-electron chi connectivity index (χ0n) is 11.7. The molecule has 0 fully saturated rings. The van der Waals surface area contributed by atoms with Crippen molar-refractivity contribution in [1.29, 1.82) is 0 Å². The topological polar surface area (TPSA) is 48.1 Å². The third-order valence-corrected chi connectivity index (χ3v) is 3.05. The van der Waals surface area contributed by atoms with Gasteiger partial charge in [0.05, 0.1) is 0 Å². The maximum absolute atomic E-state index is 12.2. The molecule has 108 valence electrons. The van der Waals surface area contributed by atoms with Gasteiger partial charge in [0.25, 0.3) is 5.91 Å². The summed E-state index contributed by atoms with van der Waals surface area (Å²) in [6, 6.07) is 13.8. The maximum atomic E-state index is 12.2. The second kappa shape index (κ2) is 7.72. The second-order valence-corrected chi connectivity index (χ2v) is 4.48. The van der Waals surface area contributed by atoms with Crippen LogP contribution >= 0.6 is 12.4 Å². The Morgan fingerprint density at radius 1 is 1.20 bits per heavy atom. The number of nitrogens with zero attached hydrogens (tertiary/aromatic N) is 1. The van der Waals surface area contributed by atoms with Gasteiger partial charge in [0.2, 0.25) is 0 Å². The minimum absolute atomic E-state index is 0. The summed E-state index contributed by atoms with van der Waals surface area (Å²) < 4.78 is 0. The minimum atomic E-state index is 0. The summed E-state index contributed by atoms with van der Waals surface area (Å²) in [7, 11) is 3.68. The molecule has 0 saturated carbocycles. The van der Waals surface area contributed by atoms with Crippen LogP contribution in [0.5, 0.6) is 0 Å². The van der Waals surface area contributed by atoms with Crippen molar-refractivity contribution >= 4 is 18.3 Å². The Labute approximate surface area is 125 Å². The lowest BCUT2D eigenvalue weighted by molar-refractivity contribution is 0.0792. The molecule has 2 N–H and O–H groups in total. The quantitative estimate of drug-likeness (QED) is 0.889. The third kappa shape index (κ3) is 3.85. The fourth-order valence-electron chi connectivity index (χ4n) is 1.89. The first-order valence-corrected chi connectivity index (χ1v) is 6.37. The maximum Gasteiger partial charge on any atom is 0.270 e. The fourth-order valence-corrected chi connectivity index (χ4v) is 1.89. The fraction of sp³-hybridized carbons (Fsp3) is 0.267. The lowest BCUT2D eigenvalue weighted by Gasteiger charge is -2.15. The first-order valence-electron chi connectivity index (χ1n) is 6.37. The molecule has 5 heteroatoms. The molecule has 1 heterocycles. The number of amides is 1. The van der Waals surface area contributed by atoms with Gasteiger partial charge in [-0.15, -0.1) is 12.4 Å². The van der Waals surface area contributed by atoms with Crippen molar-refractivity contribution in [3.05, 3.63) is 48.2 Å². The number of benzene rings is 1. The van der Waals surface area contributed by atoms with E-state index in [-0.39, 0.29) is 18.3 Å². The zero-order valence-corrected chi connectivity index (χ0v) is 12.5. The number of H-pyrrole nitrogens is 1. The molecule has 0 spiro atoms. The van der Waals surface area contributed by atoms with Gasteiger partial charge in [0.1, 0.15) is 5.69 Å². The summed E-state index contributed by atoms with van der Waals surface area (Å²) in [6.07, 6.45) is 0. The van der Waals surface area contributed by atoms with E-state index in [4.69, 9.17) is 0 Å². The standard InChI is InChI=1S/C15H19N3O.ClH/c1-16-10-11-18(2)15(19)14-9-8-13(17-14)12-6-4-3-5-7-12;/h3-9,16-17H,10-11H2,1-2H3;1H. The highest BCUT2D eigenvalue weighted by Gasteiger charge is 2.13. The molecule has 1 amide bonds. The smallest absolute Gasteiger partial charge is 0.270 e. The van der Waals surface area contributed by atoms with Crippen LogP contribution in [0, 0.1) is 0 Å². The molecule has 0 radical (unpaired) electrons. The summed E-state index contributed by atoms with van der Waals surface area (Å²) in [5.74, 6) is 0.0115. The van der Waals surface area contributed by atoms with E-state index in [1.54, 1.807) is 4.90 Å². The largest absolute Gasteiger partial charge is 0.351 e. The van der Waals surface area contributed by atoms with Crippen LogP contribution in [-0.4, -0.2) is 43.0 Å². The zero-order chi connectivity index (χ0) is 13.7. The number of rotatable bonds is 5. The van der Waals surface area contributed by atoms with Gasteiger partial charge >= 0.3 is 0 Å². The van der Waals surface area contributed by atoms with E-state index in [1.165, 1.54) is 0 Å². The highest BCUT2D eigenvalue weighted by atomic mass is 35.5. The summed E-state index contributed by atoms with van der Waals surface area (Å²) in [5.41, 5.74) is 2.67. The number of carbonyl (C=O) groups excluding carboxylic acids is 1. The van der Waals surface area contributed by atoms with Crippen molar-refractivity contribution < 1.29 is 4.79 Å². The highest BCUT2D eigenvalue weighted by Crippen LogP contribution is 2.18. The number of aromatic amines is 1. The van der Waals surface area contributed by atoms with Crippen molar-refractivity contribution in [2.75, 3.05) is 27.2 Å².